The minimum atomic E-state index is -1.14. The molecular weight excluding hydrogens is 426 g/mol. The fraction of sp³-hybridized carbons (Fsp3) is 0.375. The monoisotopic (exact) mass is 457 g/mol. The second kappa shape index (κ2) is 11.9. The smallest absolute Gasteiger partial charge is 0.408 e. The SMILES string of the molecule is COc1cccc(C(=O)Nc2ccccc2CNCCC(NC(=O)OC(C)(C)C)C(=O)O)c1. The zero-order chi connectivity index (χ0) is 24.4. The number of hydrogen-bond donors (Lipinski definition) is 4. The van der Waals surface area contributed by atoms with Gasteiger partial charge in [0.05, 0.1) is 7.11 Å². The number of alkyl carbamates (subject to hydrolysis) is 1. The predicted molar refractivity (Wildman–Crippen MR) is 125 cm³/mol. The lowest BCUT2D eigenvalue weighted by molar-refractivity contribution is -0.139. The third kappa shape index (κ3) is 8.82. The Balaban J connectivity index is 1.92. The summed E-state index contributed by atoms with van der Waals surface area (Å²) >= 11 is 0. The maximum Gasteiger partial charge on any atom is 0.408 e. The van der Waals surface area contributed by atoms with Crippen molar-refractivity contribution in [2.24, 2.45) is 0 Å². The van der Waals surface area contributed by atoms with E-state index in [0.29, 0.717) is 30.1 Å². The number of anilines is 1. The average Bonchev–Trinajstić information content (AvgIpc) is 2.75. The summed E-state index contributed by atoms with van der Waals surface area (Å²) in [6.45, 7) is 5.83. The molecule has 0 fully saturated rings. The van der Waals surface area contributed by atoms with E-state index in [9.17, 15) is 19.5 Å². The number of hydrogen-bond acceptors (Lipinski definition) is 6. The third-order valence-electron chi connectivity index (χ3n) is 4.51. The van der Waals surface area contributed by atoms with E-state index in [2.05, 4.69) is 16.0 Å². The second-order valence-corrected chi connectivity index (χ2v) is 8.35. The maximum absolute atomic E-state index is 12.6. The van der Waals surface area contributed by atoms with E-state index in [4.69, 9.17) is 9.47 Å². The number of rotatable bonds is 10. The fourth-order valence-electron chi connectivity index (χ4n) is 2.93. The van der Waals surface area contributed by atoms with Crippen molar-refractivity contribution in [2.75, 3.05) is 19.0 Å². The van der Waals surface area contributed by atoms with E-state index < -0.39 is 23.7 Å². The third-order valence-corrected chi connectivity index (χ3v) is 4.51. The number of amides is 2. The molecular formula is C24H31N3O6. The summed E-state index contributed by atoms with van der Waals surface area (Å²) in [6, 6.07) is 13.1. The number of benzene rings is 2. The van der Waals surface area contributed by atoms with Gasteiger partial charge in [-0.15, -0.1) is 0 Å². The zero-order valence-electron chi connectivity index (χ0n) is 19.3. The number of aliphatic carboxylic acids is 1. The average molecular weight is 458 g/mol. The van der Waals surface area contributed by atoms with Crippen molar-refractivity contribution in [3.8, 4) is 5.75 Å². The van der Waals surface area contributed by atoms with Gasteiger partial charge in [-0.1, -0.05) is 24.3 Å². The number of ether oxygens (including phenoxy) is 2. The van der Waals surface area contributed by atoms with Crippen LogP contribution in [0.1, 0.15) is 43.1 Å². The van der Waals surface area contributed by atoms with Gasteiger partial charge in [-0.05, 0) is 63.6 Å². The molecule has 0 saturated carbocycles. The molecule has 2 aromatic carbocycles. The molecule has 33 heavy (non-hydrogen) atoms. The molecule has 0 heterocycles. The van der Waals surface area contributed by atoms with Gasteiger partial charge in [0.1, 0.15) is 17.4 Å². The largest absolute Gasteiger partial charge is 0.497 e. The van der Waals surface area contributed by atoms with Gasteiger partial charge in [0.2, 0.25) is 0 Å². The van der Waals surface area contributed by atoms with Gasteiger partial charge in [0, 0.05) is 17.8 Å². The molecule has 0 saturated heterocycles. The molecule has 0 aromatic heterocycles. The van der Waals surface area contributed by atoms with Gasteiger partial charge in [-0.2, -0.15) is 0 Å². The highest BCUT2D eigenvalue weighted by Crippen LogP contribution is 2.18. The van der Waals surface area contributed by atoms with Crippen LogP contribution in [0.5, 0.6) is 5.75 Å². The van der Waals surface area contributed by atoms with Crippen molar-refractivity contribution >= 4 is 23.7 Å². The minimum absolute atomic E-state index is 0.160. The van der Waals surface area contributed by atoms with Crippen molar-refractivity contribution in [1.82, 2.24) is 10.6 Å². The highest BCUT2D eigenvalue weighted by molar-refractivity contribution is 6.04. The first-order chi connectivity index (χ1) is 15.6. The molecule has 0 aliphatic heterocycles. The molecule has 0 aliphatic rings. The molecule has 0 radical (unpaired) electrons. The first-order valence-corrected chi connectivity index (χ1v) is 10.6. The summed E-state index contributed by atoms with van der Waals surface area (Å²) in [4.78, 5) is 36.0. The van der Waals surface area contributed by atoms with Gasteiger partial charge in [0.25, 0.3) is 5.91 Å². The number of carbonyl (C=O) groups excluding carboxylic acids is 2. The minimum Gasteiger partial charge on any atom is -0.497 e. The van der Waals surface area contributed by atoms with Crippen LogP contribution in [0.3, 0.4) is 0 Å². The Hall–Kier alpha value is -3.59. The normalized spacial score (nSPS) is 11.9. The molecule has 4 N–H and O–H groups in total. The molecule has 0 aliphatic carbocycles. The van der Waals surface area contributed by atoms with E-state index in [1.807, 2.05) is 18.2 Å². The van der Waals surface area contributed by atoms with Gasteiger partial charge >= 0.3 is 12.1 Å². The lowest BCUT2D eigenvalue weighted by atomic mass is 10.1. The predicted octanol–water partition coefficient (Wildman–Crippen LogP) is 3.41. The van der Waals surface area contributed by atoms with Crippen molar-refractivity contribution in [1.29, 1.82) is 0 Å². The van der Waals surface area contributed by atoms with E-state index in [1.165, 1.54) is 7.11 Å². The van der Waals surface area contributed by atoms with Crippen LogP contribution >= 0.6 is 0 Å². The lowest BCUT2D eigenvalue weighted by Gasteiger charge is -2.22. The van der Waals surface area contributed by atoms with Crippen molar-refractivity contribution < 1.29 is 29.0 Å². The highest BCUT2D eigenvalue weighted by atomic mass is 16.6. The van der Waals surface area contributed by atoms with Crippen molar-refractivity contribution in [2.45, 2.75) is 45.4 Å². The molecule has 2 amide bonds. The Bertz CT molecular complexity index is 971. The quantitative estimate of drug-likeness (QED) is 0.403. The summed E-state index contributed by atoms with van der Waals surface area (Å²) in [5.41, 5.74) is 1.22. The molecule has 178 valence electrons. The standard InChI is InChI=1S/C24H31N3O6/c1-24(2,3)33-23(31)27-20(22(29)30)12-13-25-15-17-8-5-6-11-19(17)26-21(28)16-9-7-10-18(14-16)32-4/h5-11,14,20,25H,12-13,15H2,1-4H3,(H,26,28)(H,27,31)(H,29,30). The van der Waals surface area contributed by atoms with Gasteiger partial charge in [-0.3, -0.25) is 4.79 Å². The van der Waals surface area contributed by atoms with E-state index in [1.54, 1.807) is 51.1 Å². The van der Waals surface area contributed by atoms with E-state index >= 15 is 0 Å². The topological polar surface area (TPSA) is 126 Å². The molecule has 1 atom stereocenters. The Morgan fingerprint density at radius 1 is 1.06 bits per heavy atom. The number of methoxy groups -OCH3 is 1. The summed E-state index contributed by atoms with van der Waals surface area (Å²) in [5, 5.41) is 17.8. The van der Waals surface area contributed by atoms with E-state index in [0.717, 1.165) is 5.56 Å². The Kier molecular flexibility index (Phi) is 9.23. The summed E-state index contributed by atoms with van der Waals surface area (Å²) in [7, 11) is 1.54. The maximum atomic E-state index is 12.6. The summed E-state index contributed by atoms with van der Waals surface area (Å²) in [6.07, 6.45) is -0.618. The highest BCUT2D eigenvalue weighted by Gasteiger charge is 2.23. The summed E-state index contributed by atoms with van der Waals surface area (Å²) < 4.78 is 10.3. The molecule has 1 unspecified atom stereocenters. The number of nitrogens with one attached hydrogen (secondary N) is 3. The summed E-state index contributed by atoms with van der Waals surface area (Å²) in [5.74, 6) is -0.826. The van der Waals surface area contributed by atoms with Crippen LogP contribution < -0.4 is 20.7 Å². The van der Waals surface area contributed by atoms with Crippen LogP contribution in [0.2, 0.25) is 0 Å². The Morgan fingerprint density at radius 2 is 1.79 bits per heavy atom. The van der Waals surface area contributed by atoms with Gasteiger partial charge in [-0.25, -0.2) is 9.59 Å². The Morgan fingerprint density at radius 3 is 2.45 bits per heavy atom. The van der Waals surface area contributed by atoms with Crippen molar-refractivity contribution in [3.63, 3.8) is 0 Å². The molecule has 2 rings (SSSR count). The van der Waals surface area contributed by atoms with Gasteiger partial charge in [0.15, 0.2) is 0 Å². The molecule has 2 aromatic rings. The number of carboxylic acids is 1. The number of para-hydroxylation sites is 1. The lowest BCUT2D eigenvalue weighted by Crippen LogP contribution is -2.44. The van der Waals surface area contributed by atoms with E-state index in [-0.39, 0.29) is 12.3 Å². The van der Waals surface area contributed by atoms with Crippen LogP contribution in [0.25, 0.3) is 0 Å². The van der Waals surface area contributed by atoms with Crippen LogP contribution in [-0.2, 0) is 16.1 Å². The van der Waals surface area contributed by atoms with Crippen LogP contribution in [-0.4, -0.2) is 48.4 Å². The van der Waals surface area contributed by atoms with Crippen LogP contribution in [0, 0.1) is 0 Å². The van der Waals surface area contributed by atoms with Crippen molar-refractivity contribution in [3.05, 3.63) is 59.7 Å². The zero-order valence-corrected chi connectivity index (χ0v) is 19.3. The number of carbonyl (C=O) groups is 3. The number of carboxylic acid groups (broad SMARTS) is 1. The second-order valence-electron chi connectivity index (χ2n) is 8.35. The Labute approximate surface area is 193 Å². The molecule has 9 heteroatoms. The van der Waals surface area contributed by atoms with Crippen LogP contribution in [0.15, 0.2) is 48.5 Å². The first-order valence-electron chi connectivity index (χ1n) is 10.6. The first kappa shape index (κ1) is 25.7. The fourth-order valence-corrected chi connectivity index (χ4v) is 2.93. The molecule has 0 spiro atoms. The van der Waals surface area contributed by atoms with Gasteiger partial charge < -0.3 is 30.5 Å². The van der Waals surface area contributed by atoms with Crippen LogP contribution in [0.4, 0.5) is 10.5 Å². The molecule has 0 bridgehead atoms. The molecule has 9 nitrogen and oxygen atoms in total.